The molecule has 0 aliphatic rings. The van der Waals surface area contributed by atoms with Crippen LogP contribution in [0.15, 0.2) is 30.3 Å². The summed E-state index contributed by atoms with van der Waals surface area (Å²) in [6.07, 6.45) is 1.84. The summed E-state index contributed by atoms with van der Waals surface area (Å²) in [5, 5.41) is 7.44. The SMILES string of the molecule is CCC(N)Cc1cc(-c2ccc(C(C)C)cc2)n[nH]1. The summed E-state index contributed by atoms with van der Waals surface area (Å²) in [7, 11) is 0. The van der Waals surface area contributed by atoms with Crippen LogP contribution in [0.25, 0.3) is 11.3 Å². The van der Waals surface area contributed by atoms with Crippen LogP contribution in [0.1, 0.15) is 44.4 Å². The van der Waals surface area contributed by atoms with Gasteiger partial charge in [0.25, 0.3) is 0 Å². The lowest BCUT2D eigenvalue weighted by atomic mass is 10.0. The molecule has 0 aliphatic carbocycles. The molecule has 3 heteroatoms. The number of nitrogens with zero attached hydrogens (tertiary/aromatic N) is 1. The van der Waals surface area contributed by atoms with E-state index in [1.54, 1.807) is 0 Å². The number of hydrogen-bond donors (Lipinski definition) is 2. The Morgan fingerprint density at radius 2 is 1.89 bits per heavy atom. The maximum Gasteiger partial charge on any atom is 0.0923 e. The second-order valence-electron chi connectivity index (χ2n) is 5.43. The number of aromatic amines is 1. The van der Waals surface area contributed by atoms with E-state index in [-0.39, 0.29) is 6.04 Å². The monoisotopic (exact) mass is 257 g/mol. The Labute approximate surface area is 115 Å². The van der Waals surface area contributed by atoms with Gasteiger partial charge in [-0.2, -0.15) is 5.10 Å². The number of rotatable bonds is 5. The standard InChI is InChI=1S/C16H23N3/c1-4-14(17)9-15-10-16(19-18-15)13-7-5-12(6-8-13)11(2)3/h5-8,10-11,14H,4,9,17H2,1-3H3,(H,18,19). The third-order valence-electron chi connectivity index (χ3n) is 3.51. The van der Waals surface area contributed by atoms with Gasteiger partial charge in [-0.25, -0.2) is 0 Å². The molecule has 1 heterocycles. The first-order valence-corrected chi connectivity index (χ1v) is 7.00. The quantitative estimate of drug-likeness (QED) is 0.861. The predicted octanol–water partition coefficient (Wildman–Crippen LogP) is 3.48. The molecule has 1 aromatic heterocycles. The molecule has 0 saturated heterocycles. The molecule has 102 valence electrons. The van der Waals surface area contributed by atoms with Gasteiger partial charge in [-0.1, -0.05) is 45.0 Å². The molecule has 3 nitrogen and oxygen atoms in total. The van der Waals surface area contributed by atoms with Crippen molar-refractivity contribution in [2.24, 2.45) is 5.73 Å². The first kappa shape index (κ1) is 13.8. The van der Waals surface area contributed by atoms with Gasteiger partial charge in [0.05, 0.1) is 5.69 Å². The van der Waals surface area contributed by atoms with E-state index in [0.717, 1.165) is 29.8 Å². The van der Waals surface area contributed by atoms with Crippen molar-refractivity contribution in [3.05, 3.63) is 41.6 Å². The number of nitrogens with two attached hydrogens (primary N) is 1. The summed E-state index contributed by atoms with van der Waals surface area (Å²) in [5.74, 6) is 0.561. The van der Waals surface area contributed by atoms with Crippen LogP contribution in [0.3, 0.4) is 0 Å². The van der Waals surface area contributed by atoms with Gasteiger partial charge in [0.1, 0.15) is 0 Å². The van der Waals surface area contributed by atoms with Crippen molar-refractivity contribution in [2.75, 3.05) is 0 Å². The smallest absolute Gasteiger partial charge is 0.0923 e. The zero-order valence-corrected chi connectivity index (χ0v) is 12.0. The van der Waals surface area contributed by atoms with Crippen molar-refractivity contribution in [2.45, 2.75) is 45.6 Å². The van der Waals surface area contributed by atoms with E-state index in [4.69, 9.17) is 5.73 Å². The highest BCUT2D eigenvalue weighted by Gasteiger charge is 2.07. The Morgan fingerprint density at radius 1 is 1.21 bits per heavy atom. The van der Waals surface area contributed by atoms with Crippen molar-refractivity contribution >= 4 is 0 Å². The van der Waals surface area contributed by atoms with Crippen LogP contribution in [0.5, 0.6) is 0 Å². The second-order valence-corrected chi connectivity index (χ2v) is 5.43. The third kappa shape index (κ3) is 3.44. The van der Waals surface area contributed by atoms with Crippen LogP contribution in [-0.4, -0.2) is 16.2 Å². The molecule has 0 spiro atoms. The molecule has 0 amide bonds. The molecular formula is C16H23N3. The fourth-order valence-electron chi connectivity index (χ4n) is 2.08. The lowest BCUT2D eigenvalue weighted by molar-refractivity contribution is 0.635. The van der Waals surface area contributed by atoms with E-state index in [9.17, 15) is 0 Å². The van der Waals surface area contributed by atoms with Crippen LogP contribution in [-0.2, 0) is 6.42 Å². The van der Waals surface area contributed by atoms with Crippen LogP contribution < -0.4 is 5.73 Å². The normalized spacial score (nSPS) is 12.9. The van der Waals surface area contributed by atoms with E-state index in [0.29, 0.717) is 5.92 Å². The molecule has 0 aliphatic heterocycles. The van der Waals surface area contributed by atoms with E-state index in [1.807, 2.05) is 0 Å². The highest BCUT2D eigenvalue weighted by atomic mass is 15.1. The van der Waals surface area contributed by atoms with Crippen LogP contribution >= 0.6 is 0 Å². The van der Waals surface area contributed by atoms with Crippen molar-refractivity contribution in [3.63, 3.8) is 0 Å². The van der Waals surface area contributed by atoms with E-state index in [2.05, 4.69) is 61.3 Å². The average Bonchev–Trinajstić information content (AvgIpc) is 2.87. The summed E-state index contributed by atoms with van der Waals surface area (Å²) in [4.78, 5) is 0. The molecule has 0 bridgehead atoms. The van der Waals surface area contributed by atoms with E-state index in [1.165, 1.54) is 5.56 Å². The molecule has 19 heavy (non-hydrogen) atoms. The molecule has 2 aromatic rings. The predicted molar refractivity (Wildman–Crippen MR) is 80.1 cm³/mol. The Balaban J connectivity index is 2.13. The summed E-state index contributed by atoms with van der Waals surface area (Å²) in [6.45, 7) is 6.51. The van der Waals surface area contributed by atoms with E-state index < -0.39 is 0 Å². The lowest BCUT2D eigenvalue weighted by Crippen LogP contribution is -2.21. The highest BCUT2D eigenvalue weighted by Crippen LogP contribution is 2.22. The lowest BCUT2D eigenvalue weighted by Gasteiger charge is -2.05. The zero-order valence-electron chi connectivity index (χ0n) is 12.0. The first-order chi connectivity index (χ1) is 9.10. The van der Waals surface area contributed by atoms with Crippen LogP contribution in [0, 0.1) is 0 Å². The fraction of sp³-hybridized carbons (Fsp3) is 0.438. The summed E-state index contributed by atoms with van der Waals surface area (Å²) < 4.78 is 0. The van der Waals surface area contributed by atoms with Crippen LogP contribution in [0.4, 0.5) is 0 Å². The topological polar surface area (TPSA) is 54.7 Å². The van der Waals surface area contributed by atoms with Gasteiger partial charge in [-0.05, 0) is 24.0 Å². The molecule has 2 rings (SSSR count). The average molecular weight is 257 g/mol. The maximum atomic E-state index is 5.96. The van der Waals surface area contributed by atoms with Gasteiger partial charge in [-0.15, -0.1) is 0 Å². The van der Waals surface area contributed by atoms with Crippen molar-refractivity contribution in [3.8, 4) is 11.3 Å². The Kier molecular flexibility index (Phi) is 4.38. The zero-order chi connectivity index (χ0) is 13.8. The molecule has 1 aromatic carbocycles. The Bertz CT molecular complexity index is 511. The number of H-pyrrole nitrogens is 1. The molecule has 0 saturated carbocycles. The van der Waals surface area contributed by atoms with Gasteiger partial charge in [0.15, 0.2) is 0 Å². The van der Waals surface area contributed by atoms with Gasteiger partial charge < -0.3 is 5.73 Å². The minimum atomic E-state index is 0.205. The molecule has 1 atom stereocenters. The molecular weight excluding hydrogens is 234 g/mol. The largest absolute Gasteiger partial charge is 0.327 e. The third-order valence-corrected chi connectivity index (χ3v) is 3.51. The van der Waals surface area contributed by atoms with Gasteiger partial charge in [0, 0.05) is 23.7 Å². The fourth-order valence-corrected chi connectivity index (χ4v) is 2.08. The maximum absolute atomic E-state index is 5.96. The first-order valence-electron chi connectivity index (χ1n) is 7.00. The Hall–Kier alpha value is -1.61. The van der Waals surface area contributed by atoms with Crippen molar-refractivity contribution < 1.29 is 0 Å². The minimum absolute atomic E-state index is 0.205. The molecule has 1 unspecified atom stereocenters. The van der Waals surface area contributed by atoms with E-state index >= 15 is 0 Å². The minimum Gasteiger partial charge on any atom is -0.327 e. The van der Waals surface area contributed by atoms with Crippen molar-refractivity contribution in [1.82, 2.24) is 10.2 Å². The number of benzene rings is 1. The highest BCUT2D eigenvalue weighted by molar-refractivity contribution is 5.59. The molecule has 0 fully saturated rings. The van der Waals surface area contributed by atoms with Crippen molar-refractivity contribution in [1.29, 1.82) is 0 Å². The number of hydrogen-bond acceptors (Lipinski definition) is 2. The molecule has 0 radical (unpaired) electrons. The van der Waals surface area contributed by atoms with Gasteiger partial charge in [0.2, 0.25) is 0 Å². The van der Waals surface area contributed by atoms with Gasteiger partial charge in [-0.3, -0.25) is 5.10 Å². The summed E-state index contributed by atoms with van der Waals surface area (Å²) in [5.41, 5.74) is 10.6. The Morgan fingerprint density at radius 3 is 2.47 bits per heavy atom. The molecule has 3 N–H and O–H groups in total. The summed E-state index contributed by atoms with van der Waals surface area (Å²) >= 11 is 0. The number of nitrogens with one attached hydrogen (secondary N) is 1. The second kappa shape index (κ2) is 6.02. The van der Waals surface area contributed by atoms with Gasteiger partial charge >= 0.3 is 0 Å². The van der Waals surface area contributed by atoms with Crippen LogP contribution in [0.2, 0.25) is 0 Å². The number of aromatic nitrogens is 2. The summed E-state index contributed by atoms with van der Waals surface area (Å²) in [6, 6.07) is 10.9.